The van der Waals surface area contributed by atoms with E-state index < -0.39 is 23.0 Å². The standard InChI is InChI=1S/C7H12F2N4O2S.ClH/c8-7(9)5-13-4-6(3-11-13)16(14,15)12-2-1-10;/h3-4,7,12H,1-2,5,10H2;1H. The second-order valence-corrected chi connectivity index (χ2v) is 4.74. The van der Waals surface area contributed by atoms with Crippen molar-refractivity contribution in [2.24, 2.45) is 5.73 Å². The average Bonchev–Trinajstić information content (AvgIpc) is 2.63. The zero-order valence-electron chi connectivity index (χ0n) is 8.71. The molecule has 0 radical (unpaired) electrons. The molecule has 100 valence electrons. The van der Waals surface area contributed by atoms with E-state index in [1.54, 1.807) is 0 Å². The van der Waals surface area contributed by atoms with Crippen molar-refractivity contribution in [3.8, 4) is 0 Å². The van der Waals surface area contributed by atoms with Crippen LogP contribution in [0.15, 0.2) is 17.3 Å². The normalized spacial score (nSPS) is 11.5. The Morgan fingerprint density at radius 3 is 2.71 bits per heavy atom. The molecular formula is C7H13ClF2N4O2S. The molecule has 0 fully saturated rings. The minimum atomic E-state index is -3.70. The van der Waals surface area contributed by atoms with E-state index >= 15 is 0 Å². The summed E-state index contributed by atoms with van der Waals surface area (Å²) in [6.45, 7) is -0.390. The topological polar surface area (TPSA) is 90.0 Å². The summed E-state index contributed by atoms with van der Waals surface area (Å²) in [5.41, 5.74) is 5.14. The molecule has 3 N–H and O–H groups in total. The summed E-state index contributed by atoms with van der Waals surface area (Å²) in [4.78, 5) is -0.151. The van der Waals surface area contributed by atoms with Gasteiger partial charge in [0, 0.05) is 19.3 Å². The van der Waals surface area contributed by atoms with Crippen molar-refractivity contribution in [3.05, 3.63) is 12.4 Å². The Morgan fingerprint density at radius 1 is 1.53 bits per heavy atom. The minimum absolute atomic E-state index is 0. The quantitative estimate of drug-likeness (QED) is 0.760. The predicted octanol–water partition coefficient (Wildman–Crippen LogP) is -0.193. The molecule has 0 saturated heterocycles. The molecule has 1 aromatic rings. The van der Waals surface area contributed by atoms with E-state index in [9.17, 15) is 17.2 Å². The highest BCUT2D eigenvalue weighted by molar-refractivity contribution is 7.89. The third-order valence-corrected chi connectivity index (χ3v) is 3.10. The fourth-order valence-corrected chi connectivity index (χ4v) is 2.00. The van der Waals surface area contributed by atoms with Gasteiger partial charge >= 0.3 is 0 Å². The number of sulfonamides is 1. The van der Waals surface area contributed by atoms with Crippen LogP contribution in [0.5, 0.6) is 0 Å². The molecule has 6 nitrogen and oxygen atoms in total. The van der Waals surface area contributed by atoms with Crippen LogP contribution in [0.4, 0.5) is 8.78 Å². The van der Waals surface area contributed by atoms with Gasteiger partial charge in [0.1, 0.15) is 11.4 Å². The number of rotatable bonds is 6. The van der Waals surface area contributed by atoms with Crippen LogP contribution in [0, 0.1) is 0 Å². The van der Waals surface area contributed by atoms with Crippen molar-refractivity contribution < 1.29 is 17.2 Å². The molecule has 1 aromatic heterocycles. The summed E-state index contributed by atoms with van der Waals surface area (Å²) in [5, 5.41) is 3.52. The molecule has 0 aliphatic rings. The predicted molar refractivity (Wildman–Crippen MR) is 59.7 cm³/mol. The van der Waals surface area contributed by atoms with Gasteiger partial charge in [-0.25, -0.2) is 21.9 Å². The summed E-state index contributed by atoms with van der Waals surface area (Å²) in [5.74, 6) is 0. The lowest BCUT2D eigenvalue weighted by Crippen LogP contribution is -2.28. The largest absolute Gasteiger partial charge is 0.329 e. The Morgan fingerprint density at radius 2 is 2.18 bits per heavy atom. The van der Waals surface area contributed by atoms with Gasteiger partial charge in [0.15, 0.2) is 0 Å². The van der Waals surface area contributed by atoms with Crippen LogP contribution < -0.4 is 10.5 Å². The zero-order chi connectivity index (χ0) is 12.2. The SMILES string of the molecule is Cl.NCCNS(=O)(=O)c1cnn(CC(F)F)c1. The van der Waals surface area contributed by atoms with E-state index in [1.165, 1.54) is 0 Å². The lowest BCUT2D eigenvalue weighted by molar-refractivity contribution is 0.121. The highest BCUT2D eigenvalue weighted by Crippen LogP contribution is 2.07. The van der Waals surface area contributed by atoms with Crippen molar-refractivity contribution >= 4 is 22.4 Å². The van der Waals surface area contributed by atoms with Crippen LogP contribution in [0.25, 0.3) is 0 Å². The summed E-state index contributed by atoms with van der Waals surface area (Å²) in [6, 6.07) is 0. The summed E-state index contributed by atoms with van der Waals surface area (Å²) in [6.07, 6.45) is -0.515. The molecule has 0 aromatic carbocycles. The number of hydrogen-bond acceptors (Lipinski definition) is 4. The van der Waals surface area contributed by atoms with Gasteiger partial charge in [-0.2, -0.15) is 5.10 Å². The number of nitrogens with one attached hydrogen (secondary N) is 1. The van der Waals surface area contributed by atoms with Gasteiger partial charge in [0.25, 0.3) is 6.43 Å². The first-order chi connectivity index (χ1) is 7.45. The van der Waals surface area contributed by atoms with E-state index in [4.69, 9.17) is 5.73 Å². The molecular weight excluding hydrogens is 278 g/mol. The van der Waals surface area contributed by atoms with Gasteiger partial charge in [-0.1, -0.05) is 0 Å². The molecule has 0 spiro atoms. The summed E-state index contributed by atoms with van der Waals surface area (Å²) < 4.78 is 50.0. The number of nitrogens with two attached hydrogens (primary N) is 1. The van der Waals surface area contributed by atoms with E-state index in [0.29, 0.717) is 0 Å². The molecule has 0 atom stereocenters. The Bertz CT molecular complexity index is 437. The number of aromatic nitrogens is 2. The second kappa shape index (κ2) is 6.84. The van der Waals surface area contributed by atoms with Crippen molar-refractivity contribution in [1.29, 1.82) is 0 Å². The van der Waals surface area contributed by atoms with E-state index in [0.717, 1.165) is 17.1 Å². The third-order valence-electron chi connectivity index (χ3n) is 1.68. The number of halogens is 3. The summed E-state index contributed by atoms with van der Waals surface area (Å²) in [7, 11) is -3.70. The van der Waals surface area contributed by atoms with Crippen LogP contribution in [0.1, 0.15) is 0 Å². The van der Waals surface area contributed by atoms with Crippen molar-refractivity contribution in [2.45, 2.75) is 17.9 Å². The Kier molecular flexibility index (Phi) is 6.53. The van der Waals surface area contributed by atoms with E-state index in [1.807, 2.05) is 0 Å². The lowest BCUT2D eigenvalue weighted by Gasteiger charge is -2.02. The van der Waals surface area contributed by atoms with Crippen LogP contribution >= 0.6 is 12.4 Å². The molecule has 10 heteroatoms. The molecule has 1 rings (SSSR count). The van der Waals surface area contributed by atoms with Gasteiger partial charge in [-0.05, 0) is 0 Å². The third kappa shape index (κ3) is 4.94. The van der Waals surface area contributed by atoms with Gasteiger partial charge in [0.2, 0.25) is 10.0 Å². The monoisotopic (exact) mass is 290 g/mol. The van der Waals surface area contributed by atoms with Crippen LogP contribution in [0.2, 0.25) is 0 Å². The molecule has 0 aliphatic carbocycles. The first-order valence-corrected chi connectivity index (χ1v) is 5.94. The number of alkyl halides is 2. The average molecular weight is 291 g/mol. The molecule has 0 bridgehead atoms. The van der Waals surface area contributed by atoms with Crippen LogP contribution in [0.3, 0.4) is 0 Å². The van der Waals surface area contributed by atoms with Crippen molar-refractivity contribution in [1.82, 2.24) is 14.5 Å². The number of nitrogens with zero attached hydrogens (tertiary/aromatic N) is 2. The van der Waals surface area contributed by atoms with Crippen LogP contribution in [-0.4, -0.2) is 37.7 Å². The Labute approximate surface area is 104 Å². The molecule has 0 saturated carbocycles. The molecule has 0 aliphatic heterocycles. The Balaban J connectivity index is 0.00000256. The first-order valence-electron chi connectivity index (χ1n) is 4.46. The first kappa shape index (κ1) is 16.2. The van der Waals surface area contributed by atoms with E-state index in [-0.39, 0.29) is 30.4 Å². The lowest BCUT2D eigenvalue weighted by atomic mass is 10.7. The molecule has 1 heterocycles. The van der Waals surface area contributed by atoms with E-state index in [2.05, 4.69) is 9.82 Å². The molecule has 0 unspecified atom stereocenters. The maximum absolute atomic E-state index is 12.0. The van der Waals surface area contributed by atoms with Gasteiger partial charge < -0.3 is 5.73 Å². The molecule has 0 amide bonds. The highest BCUT2D eigenvalue weighted by Gasteiger charge is 2.16. The second-order valence-electron chi connectivity index (χ2n) is 2.98. The highest BCUT2D eigenvalue weighted by atomic mass is 35.5. The fourth-order valence-electron chi connectivity index (χ4n) is 1.00. The zero-order valence-corrected chi connectivity index (χ0v) is 10.3. The Hall–Kier alpha value is -0.770. The van der Waals surface area contributed by atoms with Gasteiger partial charge in [-0.15, -0.1) is 12.4 Å². The van der Waals surface area contributed by atoms with Gasteiger partial charge in [-0.3, -0.25) is 4.68 Å². The van der Waals surface area contributed by atoms with Gasteiger partial charge in [0.05, 0.1) is 6.20 Å². The maximum atomic E-state index is 12.0. The molecule has 17 heavy (non-hydrogen) atoms. The van der Waals surface area contributed by atoms with Crippen molar-refractivity contribution in [2.75, 3.05) is 13.1 Å². The smallest absolute Gasteiger partial charge is 0.257 e. The van der Waals surface area contributed by atoms with Crippen LogP contribution in [-0.2, 0) is 16.6 Å². The fraction of sp³-hybridized carbons (Fsp3) is 0.571. The minimum Gasteiger partial charge on any atom is -0.329 e. The maximum Gasteiger partial charge on any atom is 0.257 e. The van der Waals surface area contributed by atoms with Crippen molar-refractivity contribution in [3.63, 3.8) is 0 Å². The number of hydrogen-bond donors (Lipinski definition) is 2. The summed E-state index contributed by atoms with van der Waals surface area (Å²) >= 11 is 0.